The van der Waals surface area contributed by atoms with Crippen molar-refractivity contribution >= 4 is 35.0 Å². The highest BCUT2D eigenvalue weighted by atomic mass is 35.5. The smallest absolute Gasteiger partial charge is 0.295 e. The molecule has 1 heterocycles. The molecular weight excluding hydrogens is 382 g/mol. The number of nitrogens with one attached hydrogen (secondary N) is 1. The molecule has 0 fully saturated rings. The van der Waals surface area contributed by atoms with Crippen LogP contribution in [0.3, 0.4) is 0 Å². The number of rotatable bonds is 5. The second-order valence-electron chi connectivity index (χ2n) is 6.14. The fourth-order valence-electron chi connectivity index (χ4n) is 2.71. The number of halogens is 1. The van der Waals surface area contributed by atoms with Gasteiger partial charge < -0.3 is 5.32 Å². The molecule has 0 saturated carbocycles. The first-order valence-electron chi connectivity index (χ1n) is 8.45. The van der Waals surface area contributed by atoms with Crippen LogP contribution >= 0.6 is 23.4 Å². The highest BCUT2D eigenvalue weighted by Gasteiger charge is 2.21. The van der Waals surface area contributed by atoms with Crippen molar-refractivity contribution in [2.45, 2.75) is 24.0 Å². The molecule has 3 rings (SSSR count). The highest BCUT2D eigenvalue weighted by molar-refractivity contribution is 8.00. The molecule has 5 nitrogen and oxygen atoms in total. The summed E-state index contributed by atoms with van der Waals surface area (Å²) in [6.07, 6.45) is 0. The molecule has 0 aliphatic carbocycles. The lowest BCUT2D eigenvalue weighted by molar-refractivity contribution is -0.115. The van der Waals surface area contributed by atoms with Gasteiger partial charge in [-0.2, -0.15) is 0 Å². The van der Waals surface area contributed by atoms with Crippen molar-refractivity contribution in [3.05, 3.63) is 75.7 Å². The van der Waals surface area contributed by atoms with Gasteiger partial charge in [0.25, 0.3) is 5.56 Å². The number of benzene rings is 2. The number of hydrogen-bond donors (Lipinski definition) is 1. The van der Waals surface area contributed by atoms with Crippen LogP contribution in [0.15, 0.2) is 64.3 Å². The van der Waals surface area contributed by atoms with E-state index < -0.39 is 0 Å². The molecule has 27 heavy (non-hydrogen) atoms. The maximum atomic E-state index is 12.9. The third-order valence-electron chi connectivity index (χ3n) is 4.30. The van der Waals surface area contributed by atoms with Crippen molar-refractivity contribution in [1.29, 1.82) is 0 Å². The minimum atomic E-state index is -0.365. The summed E-state index contributed by atoms with van der Waals surface area (Å²) in [7, 11) is 1.80. The molecule has 1 amide bonds. The Balaban J connectivity index is 1.82. The Labute approximate surface area is 166 Å². The lowest BCUT2D eigenvalue weighted by Crippen LogP contribution is -2.27. The SMILES string of the molecule is Cc1c(NC(=O)[C@@H](C)Sc2ccc(Cl)cc2)c(=O)n(-c2ccccc2)n1C. The van der Waals surface area contributed by atoms with Crippen LogP contribution in [0.25, 0.3) is 5.69 Å². The average molecular weight is 402 g/mol. The molecular formula is C20H20ClN3O2S. The molecule has 0 saturated heterocycles. The van der Waals surface area contributed by atoms with E-state index in [1.54, 1.807) is 28.5 Å². The first-order valence-corrected chi connectivity index (χ1v) is 9.71. The maximum Gasteiger partial charge on any atom is 0.295 e. The van der Waals surface area contributed by atoms with Gasteiger partial charge in [-0.3, -0.25) is 14.3 Å². The summed E-state index contributed by atoms with van der Waals surface area (Å²) in [4.78, 5) is 26.4. The fraction of sp³-hybridized carbons (Fsp3) is 0.200. The van der Waals surface area contributed by atoms with Crippen LogP contribution in [0.1, 0.15) is 12.6 Å². The van der Waals surface area contributed by atoms with E-state index in [0.717, 1.165) is 10.6 Å². The number of nitrogens with zero attached hydrogens (tertiary/aromatic N) is 2. The Kier molecular flexibility index (Phi) is 5.77. The van der Waals surface area contributed by atoms with E-state index in [9.17, 15) is 9.59 Å². The molecule has 0 aliphatic heterocycles. The zero-order chi connectivity index (χ0) is 19.6. The molecule has 2 aromatic carbocycles. The van der Waals surface area contributed by atoms with Crippen LogP contribution < -0.4 is 10.9 Å². The van der Waals surface area contributed by atoms with Gasteiger partial charge in [-0.15, -0.1) is 11.8 Å². The van der Waals surface area contributed by atoms with Gasteiger partial charge in [0.15, 0.2) is 0 Å². The van der Waals surface area contributed by atoms with Gasteiger partial charge in [0.2, 0.25) is 5.91 Å². The Morgan fingerprint density at radius 1 is 1.11 bits per heavy atom. The second kappa shape index (κ2) is 8.06. The highest BCUT2D eigenvalue weighted by Crippen LogP contribution is 2.25. The van der Waals surface area contributed by atoms with Gasteiger partial charge in [0.1, 0.15) is 5.69 Å². The van der Waals surface area contributed by atoms with Crippen molar-refractivity contribution < 1.29 is 4.79 Å². The predicted octanol–water partition coefficient (Wildman–Crippen LogP) is 4.26. The number of para-hydroxylation sites is 1. The monoisotopic (exact) mass is 401 g/mol. The summed E-state index contributed by atoms with van der Waals surface area (Å²) in [6, 6.07) is 16.6. The second-order valence-corrected chi connectivity index (χ2v) is 7.99. The van der Waals surface area contributed by atoms with Crippen molar-refractivity contribution in [2.75, 3.05) is 5.32 Å². The number of amides is 1. The van der Waals surface area contributed by atoms with Crippen LogP contribution in [0, 0.1) is 6.92 Å². The number of carbonyl (C=O) groups is 1. The molecule has 1 N–H and O–H groups in total. The Bertz CT molecular complexity index is 1010. The van der Waals surface area contributed by atoms with Crippen LogP contribution in [0.4, 0.5) is 5.69 Å². The Hall–Kier alpha value is -2.44. The van der Waals surface area contributed by atoms with Gasteiger partial charge in [-0.25, -0.2) is 4.68 Å². The van der Waals surface area contributed by atoms with Crippen LogP contribution in [-0.4, -0.2) is 20.5 Å². The number of carbonyl (C=O) groups excluding carboxylic acids is 1. The number of aromatic nitrogens is 2. The lowest BCUT2D eigenvalue weighted by atomic mass is 10.3. The molecule has 1 atom stereocenters. The van der Waals surface area contributed by atoms with Gasteiger partial charge in [-0.05, 0) is 50.2 Å². The van der Waals surface area contributed by atoms with E-state index in [2.05, 4.69) is 5.32 Å². The summed E-state index contributed by atoms with van der Waals surface area (Å²) >= 11 is 7.31. The zero-order valence-corrected chi connectivity index (χ0v) is 16.8. The molecule has 0 unspecified atom stereocenters. The molecule has 3 aromatic rings. The zero-order valence-electron chi connectivity index (χ0n) is 15.3. The van der Waals surface area contributed by atoms with Gasteiger partial charge >= 0.3 is 0 Å². The summed E-state index contributed by atoms with van der Waals surface area (Å²) in [5, 5.41) is 3.09. The molecule has 7 heteroatoms. The number of anilines is 1. The lowest BCUT2D eigenvalue weighted by Gasteiger charge is -2.11. The van der Waals surface area contributed by atoms with E-state index in [4.69, 9.17) is 11.6 Å². The van der Waals surface area contributed by atoms with E-state index in [0.29, 0.717) is 16.4 Å². The standard InChI is InChI=1S/C20H20ClN3O2S/c1-13-18(20(26)24(23(13)3)16-7-5-4-6-8-16)22-19(25)14(2)27-17-11-9-15(21)10-12-17/h4-12,14H,1-3H3,(H,22,25)/t14-/m1/s1. The Morgan fingerprint density at radius 2 is 1.74 bits per heavy atom. The molecule has 1 aromatic heterocycles. The minimum absolute atomic E-state index is 0.221. The van der Waals surface area contributed by atoms with Crippen LogP contribution in [0.5, 0.6) is 0 Å². The van der Waals surface area contributed by atoms with Gasteiger partial charge in [0, 0.05) is 17.0 Å². The first-order chi connectivity index (χ1) is 12.9. The van der Waals surface area contributed by atoms with Crippen molar-refractivity contribution in [3.8, 4) is 5.69 Å². The fourth-order valence-corrected chi connectivity index (χ4v) is 3.70. The summed E-state index contributed by atoms with van der Waals surface area (Å²) in [5.41, 5.74) is 1.49. The Morgan fingerprint density at radius 3 is 2.37 bits per heavy atom. The largest absolute Gasteiger partial charge is 0.319 e. The average Bonchev–Trinajstić information content (AvgIpc) is 2.87. The summed E-state index contributed by atoms with van der Waals surface area (Å²) < 4.78 is 3.28. The molecule has 0 radical (unpaired) electrons. The first kappa shape index (κ1) is 19.3. The van der Waals surface area contributed by atoms with Gasteiger partial charge in [-0.1, -0.05) is 29.8 Å². The van der Waals surface area contributed by atoms with E-state index in [-0.39, 0.29) is 16.7 Å². The van der Waals surface area contributed by atoms with E-state index in [1.165, 1.54) is 11.8 Å². The van der Waals surface area contributed by atoms with E-state index >= 15 is 0 Å². The third-order valence-corrected chi connectivity index (χ3v) is 5.66. The van der Waals surface area contributed by atoms with Crippen molar-refractivity contribution in [2.24, 2.45) is 7.05 Å². The molecule has 140 valence electrons. The number of hydrogen-bond acceptors (Lipinski definition) is 3. The van der Waals surface area contributed by atoms with Crippen molar-refractivity contribution in [3.63, 3.8) is 0 Å². The van der Waals surface area contributed by atoms with Crippen molar-refractivity contribution in [1.82, 2.24) is 9.36 Å². The predicted molar refractivity (Wildman–Crippen MR) is 111 cm³/mol. The molecule has 0 bridgehead atoms. The third kappa shape index (κ3) is 4.12. The topological polar surface area (TPSA) is 56.0 Å². The minimum Gasteiger partial charge on any atom is -0.319 e. The summed E-state index contributed by atoms with van der Waals surface area (Å²) in [5.74, 6) is -0.221. The number of thioether (sulfide) groups is 1. The maximum absolute atomic E-state index is 12.9. The summed E-state index contributed by atoms with van der Waals surface area (Å²) in [6.45, 7) is 3.62. The molecule has 0 spiro atoms. The van der Waals surface area contributed by atoms with Crippen LogP contribution in [0.2, 0.25) is 5.02 Å². The normalized spacial score (nSPS) is 12.0. The van der Waals surface area contributed by atoms with E-state index in [1.807, 2.05) is 56.3 Å². The van der Waals surface area contributed by atoms with Crippen LogP contribution in [-0.2, 0) is 11.8 Å². The quantitative estimate of drug-likeness (QED) is 0.650. The molecule has 0 aliphatic rings. The van der Waals surface area contributed by atoms with Gasteiger partial charge in [0.05, 0.1) is 16.6 Å².